The molecule has 0 aliphatic heterocycles. The molecule has 2 aliphatic rings. The van der Waals surface area contributed by atoms with E-state index in [1.54, 1.807) is 13.8 Å². The van der Waals surface area contributed by atoms with Gasteiger partial charge in [0.2, 0.25) is 0 Å². The molecule has 3 nitrogen and oxygen atoms in total. The van der Waals surface area contributed by atoms with Crippen LogP contribution < -0.4 is 5.32 Å². The van der Waals surface area contributed by atoms with Gasteiger partial charge in [0, 0.05) is 6.04 Å². The summed E-state index contributed by atoms with van der Waals surface area (Å²) in [6.45, 7) is 4.67. The van der Waals surface area contributed by atoms with Crippen molar-refractivity contribution in [2.75, 3.05) is 12.3 Å². The summed E-state index contributed by atoms with van der Waals surface area (Å²) in [6.07, 6.45) is 6.05. The highest BCUT2D eigenvalue weighted by Gasteiger charge is 2.33. The Labute approximate surface area is 105 Å². The molecule has 2 saturated carbocycles. The maximum atomic E-state index is 11.7. The first-order valence-corrected chi connectivity index (χ1v) is 8.65. The van der Waals surface area contributed by atoms with Gasteiger partial charge in [-0.05, 0) is 64.3 Å². The predicted molar refractivity (Wildman–Crippen MR) is 70.8 cm³/mol. The molecule has 0 bridgehead atoms. The van der Waals surface area contributed by atoms with E-state index >= 15 is 0 Å². The largest absolute Gasteiger partial charge is 0.314 e. The van der Waals surface area contributed by atoms with Crippen LogP contribution in [0.3, 0.4) is 0 Å². The van der Waals surface area contributed by atoms with Crippen molar-refractivity contribution in [3.63, 3.8) is 0 Å². The molecule has 2 rings (SSSR count). The Bertz CT molecular complexity index is 346. The Morgan fingerprint density at radius 3 is 2.24 bits per heavy atom. The summed E-state index contributed by atoms with van der Waals surface area (Å²) in [5.41, 5.74) is 0. The molecular formula is C13H25NO2S. The summed E-state index contributed by atoms with van der Waals surface area (Å²) in [6, 6.07) is 0.774. The third kappa shape index (κ3) is 3.68. The molecule has 2 aliphatic carbocycles. The Morgan fingerprint density at radius 1 is 1.12 bits per heavy atom. The number of sulfone groups is 1. The zero-order valence-corrected chi connectivity index (χ0v) is 11.8. The molecule has 0 amide bonds. The van der Waals surface area contributed by atoms with Gasteiger partial charge in [-0.3, -0.25) is 0 Å². The quantitative estimate of drug-likeness (QED) is 0.760. The summed E-state index contributed by atoms with van der Waals surface area (Å²) >= 11 is 0. The molecule has 0 radical (unpaired) electrons. The SMILES string of the molecule is CC(C)S(=O)(=O)CCC1CCC1CNC1CC1. The van der Waals surface area contributed by atoms with E-state index in [-0.39, 0.29) is 5.25 Å². The normalized spacial score (nSPS) is 29.4. The van der Waals surface area contributed by atoms with Crippen LogP contribution in [-0.2, 0) is 9.84 Å². The minimum Gasteiger partial charge on any atom is -0.314 e. The Balaban J connectivity index is 1.68. The maximum Gasteiger partial charge on any atom is 0.152 e. The fourth-order valence-electron chi connectivity index (χ4n) is 2.44. The van der Waals surface area contributed by atoms with Gasteiger partial charge in [-0.15, -0.1) is 0 Å². The smallest absolute Gasteiger partial charge is 0.152 e. The van der Waals surface area contributed by atoms with E-state index in [0.717, 1.165) is 24.9 Å². The number of hydrogen-bond acceptors (Lipinski definition) is 3. The van der Waals surface area contributed by atoms with Gasteiger partial charge >= 0.3 is 0 Å². The summed E-state index contributed by atoms with van der Waals surface area (Å²) in [4.78, 5) is 0. The molecule has 17 heavy (non-hydrogen) atoms. The lowest BCUT2D eigenvalue weighted by Crippen LogP contribution is -2.37. The van der Waals surface area contributed by atoms with Crippen LogP contribution in [0.15, 0.2) is 0 Å². The van der Waals surface area contributed by atoms with Gasteiger partial charge in [0.05, 0.1) is 11.0 Å². The monoisotopic (exact) mass is 259 g/mol. The van der Waals surface area contributed by atoms with Crippen molar-refractivity contribution >= 4 is 9.84 Å². The van der Waals surface area contributed by atoms with Crippen LogP contribution in [0, 0.1) is 11.8 Å². The van der Waals surface area contributed by atoms with Crippen LogP contribution in [0.5, 0.6) is 0 Å². The summed E-state index contributed by atoms with van der Waals surface area (Å²) in [7, 11) is -2.83. The van der Waals surface area contributed by atoms with E-state index in [2.05, 4.69) is 5.32 Å². The predicted octanol–water partition coefficient (Wildman–Crippen LogP) is 1.98. The maximum absolute atomic E-state index is 11.7. The molecule has 0 aromatic carbocycles. The highest BCUT2D eigenvalue weighted by Crippen LogP contribution is 2.37. The molecule has 0 aromatic rings. The zero-order chi connectivity index (χ0) is 12.5. The number of nitrogens with one attached hydrogen (secondary N) is 1. The van der Waals surface area contributed by atoms with Crippen LogP contribution in [0.25, 0.3) is 0 Å². The lowest BCUT2D eigenvalue weighted by Gasteiger charge is -2.37. The van der Waals surface area contributed by atoms with E-state index in [4.69, 9.17) is 0 Å². The first-order chi connectivity index (χ1) is 7.99. The van der Waals surface area contributed by atoms with Crippen molar-refractivity contribution in [1.29, 1.82) is 0 Å². The summed E-state index contributed by atoms with van der Waals surface area (Å²) in [5.74, 6) is 1.77. The first kappa shape index (κ1) is 13.3. The topological polar surface area (TPSA) is 46.2 Å². The molecule has 0 spiro atoms. The van der Waals surface area contributed by atoms with Gasteiger partial charge < -0.3 is 5.32 Å². The molecule has 2 unspecified atom stereocenters. The van der Waals surface area contributed by atoms with Crippen LogP contribution in [0.1, 0.15) is 46.0 Å². The van der Waals surface area contributed by atoms with Crippen molar-refractivity contribution in [2.24, 2.45) is 11.8 Å². The van der Waals surface area contributed by atoms with Gasteiger partial charge in [0.15, 0.2) is 9.84 Å². The highest BCUT2D eigenvalue weighted by molar-refractivity contribution is 7.91. The van der Waals surface area contributed by atoms with E-state index in [1.165, 1.54) is 25.7 Å². The van der Waals surface area contributed by atoms with Crippen molar-refractivity contribution < 1.29 is 8.42 Å². The van der Waals surface area contributed by atoms with Gasteiger partial charge in [0.1, 0.15) is 0 Å². The Kier molecular flexibility index (Phi) is 4.14. The zero-order valence-electron chi connectivity index (χ0n) is 11.0. The van der Waals surface area contributed by atoms with Gasteiger partial charge in [0.25, 0.3) is 0 Å². The van der Waals surface area contributed by atoms with Crippen LogP contribution in [0.4, 0.5) is 0 Å². The third-order valence-corrected chi connectivity index (χ3v) is 6.55. The fraction of sp³-hybridized carbons (Fsp3) is 1.00. The number of hydrogen-bond donors (Lipinski definition) is 1. The van der Waals surface area contributed by atoms with Crippen LogP contribution in [-0.4, -0.2) is 32.0 Å². The summed E-state index contributed by atoms with van der Waals surface area (Å²) in [5, 5.41) is 3.34. The van der Waals surface area contributed by atoms with Gasteiger partial charge in [-0.2, -0.15) is 0 Å². The average Bonchev–Trinajstić information content (AvgIpc) is 3.00. The van der Waals surface area contributed by atoms with Crippen molar-refractivity contribution in [1.82, 2.24) is 5.32 Å². The molecule has 100 valence electrons. The van der Waals surface area contributed by atoms with E-state index in [0.29, 0.717) is 11.7 Å². The van der Waals surface area contributed by atoms with Crippen molar-refractivity contribution in [3.8, 4) is 0 Å². The third-order valence-electron chi connectivity index (χ3n) is 4.31. The van der Waals surface area contributed by atoms with E-state index in [9.17, 15) is 8.42 Å². The van der Waals surface area contributed by atoms with Crippen molar-refractivity contribution in [2.45, 2.75) is 57.2 Å². The molecule has 0 aromatic heterocycles. The lowest BCUT2D eigenvalue weighted by atomic mass is 9.72. The molecule has 0 saturated heterocycles. The highest BCUT2D eigenvalue weighted by atomic mass is 32.2. The second kappa shape index (κ2) is 5.27. The average molecular weight is 259 g/mol. The second-order valence-electron chi connectivity index (χ2n) is 5.98. The molecular weight excluding hydrogens is 234 g/mol. The minimum atomic E-state index is -2.83. The molecule has 4 heteroatoms. The molecule has 2 fully saturated rings. The Hall–Kier alpha value is -0.0900. The van der Waals surface area contributed by atoms with E-state index < -0.39 is 9.84 Å². The molecule has 1 N–H and O–H groups in total. The van der Waals surface area contributed by atoms with Crippen molar-refractivity contribution in [3.05, 3.63) is 0 Å². The van der Waals surface area contributed by atoms with Gasteiger partial charge in [-0.1, -0.05) is 0 Å². The fourth-order valence-corrected chi connectivity index (χ4v) is 3.55. The van der Waals surface area contributed by atoms with Crippen LogP contribution in [0.2, 0.25) is 0 Å². The van der Waals surface area contributed by atoms with Gasteiger partial charge in [-0.25, -0.2) is 8.42 Å². The van der Waals surface area contributed by atoms with Crippen LogP contribution >= 0.6 is 0 Å². The number of rotatable bonds is 7. The molecule has 2 atom stereocenters. The minimum absolute atomic E-state index is 0.217. The lowest BCUT2D eigenvalue weighted by molar-refractivity contribution is 0.166. The Morgan fingerprint density at radius 2 is 1.76 bits per heavy atom. The second-order valence-corrected chi connectivity index (χ2v) is 8.66. The first-order valence-electron chi connectivity index (χ1n) is 6.94. The molecule has 0 heterocycles. The standard InChI is InChI=1S/C13H25NO2S/c1-10(2)17(15,16)8-7-11-3-4-12(11)9-14-13-5-6-13/h10-14H,3-9H2,1-2H3. The van der Waals surface area contributed by atoms with E-state index in [1.807, 2.05) is 0 Å². The summed E-state index contributed by atoms with van der Waals surface area (Å²) < 4.78 is 23.5.